The Hall–Kier alpha value is -1.13. The maximum absolute atomic E-state index is 12.1. The second-order valence-corrected chi connectivity index (χ2v) is 4.23. The van der Waals surface area contributed by atoms with Crippen LogP contribution in [-0.4, -0.2) is 41.9 Å². The van der Waals surface area contributed by atoms with Crippen LogP contribution in [0.4, 0.5) is 31.1 Å². The Morgan fingerprint density at radius 2 is 1.78 bits per heavy atom. The van der Waals surface area contributed by atoms with Crippen LogP contribution in [0.25, 0.3) is 0 Å². The molecule has 0 saturated carbocycles. The van der Waals surface area contributed by atoms with E-state index in [-0.39, 0.29) is 5.17 Å². The van der Waals surface area contributed by atoms with Gasteiger partial charge in [0.2, 0.25) is 6.04 Å². The van der Waals surface area contributed by atoms with E-state index in [2.05, 4.69) is 4.99 Å². The Morgan fingerprint density at radius 1 is 1.22 bits per heavy atom. The number of thioether (sulfide) groups is 1. The highest BCUT2D eigenvalue weighted by atomic mass is 32.2. The predicted molar refractivity (Wildman–Crippen MR) is 52.3 cm³/mol. The zero-order valence-corrected chi connectivity index (χ0v) is 9.34. The van der Waals surface area contributed by atoms with E-state index in [1.165, 1.54) is 0 Å². The number of nitrogens with one attached hydrogen (secondary N) is 2. The minimum Gasteiger partial charge on any atom is -0.318 e. The highest BCUT2D eigenvalue weighted by Crippen LogP contribution is 2.33. The van der Waals surface area contributed by atoms with E-state index >= 15 is 0 Å². The SMILES string of the molecule is O=C(NC1=NCCS1)NC(C(F)(F)F)C(F)(F)F. The van der Waals surface area contributed by atoms with Gasteiger partial charge in [0.05, 0.1) is 6.54 Å². The highest BCUT2D eigenvalue weighted by Gasteiger charge is 2.57. The van der Waals surface area contributed by atoms with Gasteiger partial charge < -0.3 is 5.32 Å². The molecule has 0 bridgehead atoms. The fourth-order valence-corrected chi connectivity index (χ4v) is 1.75. The van der Waals surface area contributed by atoms with Crippen LogP contribution in [0.3, 0.4) is 0 Å². The molecule has 0 aromatic rings. The van der Waals surface area contributed by atoms with Crippen molar-refractivity contribution >= 4 is 23.0 Å². The summed E-state index contributed by atoms with van der Waals surface area (Å²) in [6.07, 6.45) is -11.2. The summed E-state index contributed by atoms with van der Waals surface area (Å²) in [5.41, 5.74) is 0. The van der Waals surface area contributed by atoms with Crippen LogP contribution in [-0.2, 0) is 0 Å². The molecule has 0 aromatic carbocycles. The van der Waals surface area contributed by atoms with Crippen molar-refractivity contribution in [1.29, 1.82) is 0 Å². The third kappa shape index (κ3) is 4.27. The lowest BCUT2D eigenvalue weighted by atomic mass is 10.3. The molecule has 18 heavy (non-hydrogen) atoms. The number of urea groups is 1. The Balaban J connectivity index is 2.63. The molecular formula is C7H7F6N3OS. The second-order valence-electron chi connectivity index (χ2n) is 3.15. The second kappa shape index (κ2) is 5.24. The van der Waals surface area contributed by atoms with Gasteiger partial charge in [-0.15, -0.1) is 0 Å². The number of hydrogen-bond acceptors (Lipinski definition) is 3. The van der Waals surface area contributed by atoms with Crippen molar-refractivity contribution in [3.8, 4) is 0 Å². The Morgan fingerprint density at radius 3 is 2.17 bits per heavy atom. The first-order valence-electron chi connectivity index (χ1n) is 4.49. The summed E-state index contributed by atoms with van der Waals surface area (Å²) >= 11 is 1.03. The van der Waals surface area contributed by atoms with Gasteiger partial charge in [-0.25, -0.2) is 4.79 Å². The van der Waals surface area contributed by atoms with Crippen LogP contribution in [0.15, 0.2) is 4.99 Å². The standard InChI is InChI=1S/C7H7F6N3OS/c8-6(9,10)3(7(11,12)13)15-4(17)16-5-14-1-2-18-5/h3H,1-2H2,(H2,14,15,16,17). The van der Waals surface area contributed by atoms with Gasteiger partial charge in [0.15, 0.2) is 5.17 Å². The molecule has 1 aliphatic rings. The first-order valence-corrected chi connectivity index (χ1v) is 5.47. The first kappa shape index (κ1) is 14.9. The van der Waals surface area contributed by atoms with E-state index < -0.39 is 24.4 Å². The van der Waals surface area contributed by atoms with Gasteiger partial charge in [0.1, 0.15) is 0 Å². The van der Waals surface area contributed by atoms with E-state index in [0.29, 0.717) is 12.3 Å². The molecule has 11 heteroatoms. The summed E-state index contributed by atoms with van der Waals surface area (Å²) in [6.45, 7) is 0.349. The highest BCUT2D eigenvalue weighted by molar-refractivity contribution is 8.14. The van der Waals surface area contributed by atoms with Crippen LogP contribution in [0.1, 0.15) is 0 Å². The summed E-state index contributed by atoms with van der Waals surface area (Å²) in [6, 6.07) is -5.50. The predicted octanol–water partition coefficient (Wildman–Crippen LogP) is 1.88. The monoisotopic (exact) mass is 295 g/mol. The number of amides is 2. The van der Waals surface area contributed by atoms with Gasteiger partial charge >= 0.3 is 18.4 Å². The van der Waals surface area contributed by atoms with Crippen LogP contribution in [0.2, 0.25) is 0 Å². The Bertz CT molecular complexity index is 338. The topological polar surface area (TPSA) is 53.5 Å². The first-order chi connectivity index (χ1) is 8.10. The molecule has 2 amide bonds. The number of carbonyl (C=O) groups is 1. The van der Waals surface area contributed by atoms with Crippen molar-refractivity contribution in [3.05, 3.63) is 0 Å². The summed E-state index contributed by atoms with van der Waals surface area (Å²) < 4.78 is 72.6. The number of halogens is 6. The third-order valence-electron chi connectivity index (χ3n) is 1.74. The number of alkyl halides is 6. The van der Waals surface area contributed by atoms with E-state index in [9.17, 15) is 31.1 Å². The molecular weight excluding hydrogens is 288 g/mol. The van der Waals surface area contributed by atoms with Crippen molar-refractivity contribution in [2.24, 2.45) is 4.99 Å². The molecule has 1 aliphatic heterocycles. The minimum atomic E-state index is -5.61. The van der Waals surface area contributed by atoms with Gasteiger partial charge in [-0.1, -0.05) is 11.8 Å². The van der Waals surface area contributed by atoms with Crippen LogP contribution in [0, 0.1) is 0 Å². The van der Waals surface area contributed by atoms with Gasteiger partial charge in [0, 0.05) is 5.75 Å². The van der Waals surface area contributed by atoms with Gasteiger partial charge in [-0.05, 0) is 0 Å². The molecule has 0 unspecified atom stereocenters. The minimum absolute atomic E-state index is 0.00408. The fourth-order valence-electron chi connectivity index (χ4n) is 1.02. The quantitative estimate of drug-likeness (QED) is 0.726. The third-order valence-corrected chi connectivity index (χ3v) is 2.63. The van der Waals surface area contributed by atoms with Crippen molar-refractivity contribution < 1.29 is 31.1 Å². The lowest BCUT2D eigenvalue weighted by Gasteiger charge is -2.23. The molecule has 1 heterocycles. The lowest BCUT2D eigenvalue weighted by molar-refractivity contribution is -0.255. The molecule has 0 fully saturated rings. The van der Waals surface area contributed by atoms with Crippen molar-refractivity contribution in [3.63, 3.8) is 0 Å². The molecule has 0 aliphatic carbocycles. The molecule has 2 N–H and O–H groups in total. The fraction of sp³-hybridized carbons (Fsp3) is 0.714. The maximum Gasteiger partial charge on any atom is 0.417 e. The zero-order chi connectivity index (χ0) is 14.0. The Labute approximate surface area is 101 Å². The van der Waals surface area contributed by atoms with Crippen LogP contribution in [0.5, 0.6) is 0 Å². The molecule has 0 radical (unpaired) electrons. The zero-order valence-electron chi connectivity index (χ0n) is 8.52. The average molecular weight is 295 g/mol. The summed E-state index contributed by atoms with van der Waals surface area (Å²) in [7, 11) is 0. The number of aliphatic imine (C=N–C) groups is 1. The number of rotatable bonds is 1. The molecule has 0 aromatic heterocycles. The normalized spacial score (nSPS) is 16.7. The lowest BCUT2D eigenvalue weighted by Crippen LogP contribution is -2.57. The van der Waals surface area contributed by atoms with E-state index in [1.54, 1.807) is 0 Å². The molecule has 0 saturated heterocycles. The number of hydrogen-bond donors (Lipinski definition) is 2. The van der Waals surface area contributed by atoms with E-state index in [4.69, 9.17) is 0 Å². The molecule has 1 rings (SSSR count). The maximum atomic E-state index is 12.1. The van der Waals surface area contributed by atoms with E-state index in [0.717, 1.165) is 17.1 Å². The number of nitrogens with zero attached hydrogens (tertiary/aromatic N) is 1. The van der Waals surface area contributed by atoms with Gasteiger partial charge in [-0.3, -0.25) is 10.3 Å². The Kier molecular flexibility index (Phi) is 4.35. The smallest absolute Gasteiger partial charge is 0.318 e. The van der Waals surface area contributed by atoms with E-state index in [1.807, 2.05) is 5.32 Å². The molecule has 0 atom stereocenters. The van der Waals surface area contributed by atoms with Crippen molar-refractivity contribution in [2.75, 3.05) is 12.3 Å². The van der Waals surface area contributed by atoms with Crippen molar-refractivity contribution in [1.82, 2.24) is 10.6 Å². The van der Waals surface area contributed by atoms with Crippen LogP contribution >= 0.6 is 11.8 Å². The van der Waals surface area contributed by atoms with Gasteiger partial charge in [-0.2, -0.15) is 26.3 Å². The largest absolute Gasteiger partial charge is 0.417 e. The van der Waals surface area contributed by atoms with Crippen LogP contribution < -0.4 is 10.6 Å². The van der Waals surface area contributed by atoms with Crippen molar-refractivity contribution in [2.45, 2.75) is 18.4 Å². The number of amidine groups is 1. The molecule has 4 nitrogen and oxygen atoms in total. The number of carbonyl (C=O) groups excluding carboxylic acids is 1. The average Bonchev–Trinajstić information content (AvgIpc) is 2.63. The van der Waals surface area contributed by atoms with Gasteiger partial charge in [0.25, 0.3) is 0 Å². The molecule has 0 spiro atoms. The summed E-state index contributed by atoms with van der Waals surface area (Å²) in [5, 5.41) is 2.64. The molecule has 104 valence electrons. The summed E-state index contributed by atoms with van der Waals surface area (Å²) in [4.78, 5) is 14.6. The summed E-state index contributed by atoms with van der Waals surface area (Å²) in [5.74, 6) is 0.511.